The summed E-state index contributed by atoms with van der Waals surface area (Å²) in [6.07, 6.45) is 5.38. The Balaban J connectivity index is 1.48. The Morgan fingerprint density at radius 2 is 1.96 bits per heavy atom. The van der Waals surface area contributed by atoms with E-state index >= 15 is 0 Å². The number of hydrogen-bond acceptors (Lipinski definition) is 4. The fraction of sp³-hybridized carbons (Fsp3) is 0.400. The molecule has 1 aromatic heterocycles. The van der Waals surface area contributed by atoms with Gasteiger partial charge in [-0.3, -0.25) is 19.1 Å². The summed E-state index contributed by atoms with van der Waals surface area (Å²) < 4.78 is 1.94. The second kappa shape index (κ2) is 8.69. The molecule has 3 rings (SSSR count). The first-order valence-electron chi connectivity index (χ1n) is 9.37. The fourth-order valence-electron chi connectivity index (χ4n) is 3.33. The zero-order valence-corrected chi connectivity index (χ0v) is 16.1. The third kappa shape index (κ3) is 4.97. The molecule has 8 nitrogen and oxygen atoms in total. The number of aromatic nitrogens is 2. The quantitative estimate of drug-likeness (QED) is 0.785. The summed E-state index contributed by atoms with van der Waals surface area (Å²) in [4.78, 5) is 37.4. The van der Waals surface area contributed by atoms with Gasteiger partial charge in [-0.15, -0.1) is 0 Å². The number of hydrogen-bond donors (Lipinski definition) is 2. The molecule has 0 aliphatic carbocycles. The minimum absolute atomic E-state index is 0.162. The minimum atomic E-state index is -0.613. The number of piperidine rings is 1. The predicted octanol–water partition coefficient (Wildman–Crippen LogP) is 1.63. The van der Waals surface area contributed by atoms with E-state index in [2.05, 4.69) is 15.7 Å². The van der Waals surface area contributed by atoms with Crippen molar-refractivity contribution in [2.24, 2.45) is 0 Å². The molecule has 2 heterocycles. The van der Waals surface area contributed by atoms with Crippen molar-refractivity contribution >= 4 is 23.4 Å². The van der Waals surface area contributed by atoms with Gasteiger partial charge in [0.1, 0.15) is 0 Å². The van der Waals surface area contributed by atoms with Gasteiger partial charge in [0.15, 0.2) is 0 Å². The van der Waals surface area contributed by atoms with Crippen LogP contribution in [0, 0.1) is 6.92 Å². The molecular weight excluding hydrogens is 358 g/mol. The van der Waals surface area contributed by atoms with Crippen LogP contribution >= 0.6 is 0 Å². The number of anilines is 1. The van der Waals surface area contributed by atoms with Crippen LogP contribution in [0.1, 0.15) is 36.9 Å². The van der Waals surface area contributed by atoms with Gasteiger partial charge in [0, 0.05) is 38.4 Å². The zero-order chi connectivity index (χ0) is 20.1. The van der Waals surface area contributed by atoms with Gasteiger partial charge in [0.2, 0.25) is 5.91 Å². The van der Waals surface area contributed by atoms with E-state index in [-0.39, 0.29) is 18.5 Å². The van der Waals surface area contributed by atoms with Crippen molar-refractivity contribution in [1.82, 2.24) is 20.0 Å². The number of likely N-dealkylation sites (tertiary alicyclic amines) is 1. The van der Waals surface area contributed by atoms with Gasteiger partial charge in [-0.1, -0.05) is 12.1 Å². The third-order valence-corrected chi connectivity index (χ3v) is 4.75. The van der Waals surface area contributed by atoms with Crippen LogP contribution in [0.3, 0.4) is 0 Å². The smallest absolute Gasteiger partial charge is 0.311 e. The fourth-order valence-corrected chi connectivity index (χ4v) is 3.33. The van der Waals surface area contributed by atoms with E-state index in [1.807, 2.05) is 30.1 Å². The van der Waals surface area contributed by atoms with E-state index in [9.17, 15) is 14.4 Å². The van der Waals surface area contributed by atoms with E-state index in [1.165, 1.54) is 6.92 Å². The second-order valence-electron chi connectivity index (χ2n) is 7.09. The lowest BCUT2D eigenvalue weighted by molar-refractivity contribution is -0.146. The Bertz CT molecular complexity index is 868. The van der Waals surface area contributed by atoms with Gasteiger partial charge < -0.3 is 15.5 Å². The van der Waals surface area contributed by atoms with Crippen molar-refractivity contribution in [2.45, 2.75) is 39.3 Å². The van der Waals surface area contributed by atoms with Gasteiger partial charge >= 0.3 is 11.8 Å². The lowest BCUT2D eigenvalue weighted by Crippen LogP contribution is -2.46. The number of carbonyl (C=O) groups is 3. The second-order valence-corrected chi connectivity index (χ2v) is 7.09. The van der Waals surface area contributed by atoms with Crippen molar-refractivity contribution in [3.05, 3.63) is 47.8 Å². The monoisotopic (exact) mass is 383 g/mol. The van der Waals surface area contributed by atoms with Crippen LogP contribution in [0.25, 0.3) is 0 Å². The normalized spacial score (nSPS) is 14.6. The summed E-state index contributed by atoms with van der Waals surface area (Å²) in [6, 6.07) is 7.41. The molecule has 1 aliphatic rings. The molecule has 0 saturated carbocycles. The van der Waals surface area contributed by atoms with Gasteiger partial charge in [0.05, 0.1) is 12.2 Å². The van der Waals surface area contributed by atoms with Gasteiger partial charge in [-0.2, -0.15) is 5.10 Å². The van der Waals surface area contributed by atoms with E-state index in [0.29, 0.717) is 18.8 Å². The standard InChI is InChI=1S/C20H25N5O3/c1-14-11-22-25(13-14)18-6-8-24(9-7-18)20(28)19(27)21-12-16-4-3-5-17(10-16)23-15(2)26/h3-5,10-11,13,18H,6-9,12H2,1-2H3,(H,21,27)(H,23,26). The maximum atomic E-state index is 12.4. The van der Waals surface area contributed by atoms with Gasteiger partial charge in [-0.05, 0) is 43.0 Å². The van der Waals surface area contributed by atoms with Crippen LogP contribution in [0.2, 0.25) is 0 Å². The number of nitrogens with one attached hydrogen (secondary N) is 2. The number of aryl methyl sites for hydroxylation is 1. The van der Waals surface area contributed by atoms with Crippen molar-refractivity contribution in [1.29, 1.82) is 0 Å². The van der Waals surface area contributed by atoms with Crippen molar-refractivity contribution in [3.63, 3.8) is 0 Å². The van der Waals surface area contributed by atoms with Crippen molar-refractivity contribution in [3.8, 4) is 0 Å². The minimum Gasteiger partial charge on any atom is -0.344 e. The molecule has 0 bridgehead atoms. The van der Waals surface area contributed by atoms with E-state index in [4.69, 9.17) is 0 Å². The molecule has 0 atom stereocenters. The van der Waals surface area contributed by atoms with Crippen molar-refractivity contribution in [2.75, 3.05) is 18.4 Å². The average molecular weight is 383 g/mol. The SMILES string of the molecule is CC(=O)Nc1cccc(CNC(=O)C(=O)N2CCC(n3cc(C)cn3)CC2)c1. The molecule has 1 saturated heterocycles. The highest BCUT2D eigenvalue weighted by molar-refractivity contribution is 6.34. The summed E-state index contributed by atoms with van der Waals surface area (Å²) in [6.45, 7) is 4.73. The Labute approximate surface area is 163 Å². The van der Waals surface area contributed by atoms with Crippen LogP contribution < -0.4 is 10.6 Å². The topological polar surface area (TPSA) is 96.3 Å². The first-order chi connectivity index (χ1) is 13.4. The average Bonchev–Trinajstić information content (AvgIpc) is 3.12. The molecule has 8 heteroatoms. The summed E-state index contributed by atoms with van der Waals surface area (Å²) in [5.41, 5.74) is 2.57. The number of nitrogens with zero attached hydrogens (tertiary/aromatic N) is 3. The van der Waals surface area contributed by atoms with Crippen LogP contribution in [0.5, 0.6) is 0 Å². The third-order valence-electron chi connectivity index (χ3n) is 4.75. The first-order valence-corrected chi connectivity index (χ1v) is 9.37. The molecule has 2 N–H and O–H groups in total. The summed E-state index contributed by atoms with van der Waals surface area (Å²) in [7, 11) is 0. The number of benzene rings is 1. The number of amides is 3. The van der Waals surface area contributed by atoms with E-state index in [1.54, 1.807) is 23.1 Å². The lowest BCUT2D eigenvalue weighted by Gasteiger charge is -2.31. The lowest BCUT2D eigenvalue weighted by atomic mass is 10.1. The maximum absolute atomic E-state index is 12.4. The molecule has 0 spiro atoms. The molecule has 1 fully saturated rings. The van der Waals surface area contributed by atoms with Crippen LogP contribution in [-0.4, -0.2) is 45.5 Å². The molecule has 0 unspecified atom stereocenters. The molecule has 28 heavy (non-hydrogen) atoms. The molecular formula is C20H25N5O3. The van der Waals surface area contributed by atoms with E-state index < -0.39 is 11.8 Å². The summed E-state index contributed by atoms with van der Waals surface area (Å²) in [5.74, 6) is -1.28. The molecule has 0 radical (unpaired) electrons. The predicted molar refractivity (Wildman–Crippen MR) is 104 cm³/mol. The molecule has 1 aromatic carbocycles. The number of rotatable bonds is 4. The zero-order valence-electron chi connectivity index (χ0n) is 16.1. The van der Waals surface area contributed by atoms with Gasteiger partial charge in [0.25, 0.3) is 0 Å². The molecule has 1 aliphatic heterocycles. The molecule has 3 amide bonds. The molecule has 148 valence electrons. The largest absolute Gasteiger partial charge is 0.344 e. The Hall–Kier alpha value is -3.16. The van der Waals surface area contributed by atoms with E-state index in [0.717, 1.165) is 24.0 Å². The van der Waals surface area contributed by atoms with Crippen LogP contribution in [0.15, 0.2) is 36.7 Å². The summed E-state index contributed by atoms with van der Waals surface area (Å²) in [5, 5.41) is 9.69. The van der Waals surface area contributed by atoms with Crippen LogP contribution in [-0.2, 0) is 20.9 Å². The van der Waals surface area contributed by atoms with Crippen molar-refractivity contribution < 1.29 is 14.4 Å². The highest BCUT2D eigenvalue weighted by Crippen LogP contribution is 2.22. The molecule has 2 aromatic rings. The first kappa shape index (κ1) is 19.6. The highest BCUT2D eigenvalue weighted by atomic mass is 16.2. The van der Waals surface area contributed by atoms with Gasteiger partial charge in [-0.25, -0.2) is 0 Å². The Morgan fingerprint density at radius 1 is 1.21 bits per heavy atom. The Kier molecular flexibility index (Phi) is 6.08. The maximum Gasteiger partial charge on any atom is 0.311 e. The Morgan fingerprint density at radius 3 is 2.61 bits per heavy atom. The highest BCUT2D eigenvalue weighted by Gasteiger charge is 2.27. The summed E-state index contributed by atoms with van der Waals surface area (Å²) >= 11 is 0. The van der Waals surface area contributed by atoms with Crippen LogP contribution in [0.4, 0.5) is 5.69 Å². The number of carbonyl (C=O) groups excluding carboxylic acids is 3.